The van der Waals surface area contributed by atoms with Gasteiger partial charge in [0, 0.05) is 25.1 Å². The minimum atomic E-state index is -0.383. The van der Waals surface area contributed by atoms with E-state index in [1.165, 1.54) is 0 Å². The van der Waals surface area contributed by atoms with Gasteiger partial charge in [0.1, 0.15) is 5.60 Å². The standard InChI is InChI=1S/C13H23NO3/c1-4-12(2,3)17-11(16)14-6-5-13(9-15)7-10(13)8-14/h10,15H,4-9H2,1-3H3. The molecule has 2 atom stereocenters. The number of amides is 1. The molecule has 0 aromatic rings. The number of fused-ring (bicyclic) bond motifs is 1. The number of rotatable bonds is 3. The van der Waals surface area contributed by atoms with Gasteiger partial charge in [-0.3, -0.25) is 0 Å². The summed E-state index contributed by atoms with van der Waals surface area (Å²) >= 11 is 0. The number of aliphatic hydroxyl groups is 1. The molecule has 2 unspecified atom stereocenters. The smallest absolute Gasteiger partial charge is 0.410 e. The second-order valence-electron chi connectivity index (χ2n) is 6.10. The van der Waals surface area contributed by atoms with Gasteiger partial charge in [0.2, 0.25) is 0 Å². The van der Waals surface area contributed by atoms with Crippen molar-refractivity contribution < 1.29 is 14.6 Å². The van der Waals surface area contributed by atoms with Crippen LogP contribution in [0.2, 0.25) is 0 Å². The molecule has 1 aliphatic carbocycles. The monoisotopic (exact) mass is 241 g/mol. The first-order chi connectivity index (χ1) is 7.92. The Morgan fingerprint density at radius 3 is 2.82 bits per heavy atom. The van der Waals surface area contributed by atoms with E-state index in [-0.39, 0.29) is 23.7 Å². The molecule has 17 heavy (non-hydrogen) atoms. The van der Waals surface area contributed by atoms with Gasteiger partial charge in [0.25, 0.3) is 0 Å². The lowest BCUT2D eigenvalue weighted by atomic mass is 9.96. The summed E-state index contributed by atoms with van der Waals surface area (Å²) in [7, 11) is 0. The fraction of sp³-hybridized carbons (Fsp3) is 0.923. The van der Waals surface area contributed by atoms with Crippen molar-refractivity contribution >= 4 is 6.09 Å². The molecule has 2 aliphatic rings. The summed E-state index contributed by atoms with van der Waals surface area (Å²) in [6.07, 6.45) is 2.59. The van der Waals surface area contributed by atoms with Crippen LogP contribution in [0.3, 0.4) is 0 Å². The Balaban J connectivity index is 1.87. The second-order valence-corrected chi connectivity index (χ2v) is 6.10. The van der Waals surface area contributed by atoms with Gasteiger partial charge in [0.05, 0.1) is 0 Å². The number of ether oxygens (including phenoxy) is 1. The Hall–Kier alpha value is -0.770. The van der Waals surface area contributed by atoms with E-state index in [9.17, 15) is 9.90 Å². The molecule has 0 bridgehead atoms. The van der Waals surface area contributed by atoms with E-state index in [0.717, 1.165) is 32.4 Å². The van der Waals surface area contributed by atoms with E-state index in [1.807, 2.05) is 20.8 Å². The van der Waals surface area contributed by atoms with Crippen molar-refractivity contribution in [2.45, 2.75) is 45.6 Å². The van der Waals surface area contributed by atoms with Gasteiger partial charge in [-0.25, -0.2) is 4.79 Å². The van der Waals surface area contributed by atoms with Gasteiger partial charge in [-0.05, 0) is 39.0 Å². The first-order valence-electron chi connectivity index (χ1n) is 6.51. The Kier molecular flexibility index (Phi) is 3.10. The number of aliphatic hydroxyl groups excluding tert-OH is 1. The molecule has 1 heterocycles. The third kappa shape index (κ3) is 2.41. The number of piperidine rings is 1. The third-order valence-electron chi connectivity index (χ3n) is 4.47. The lowest BCUT2D eigenvalue weighted by molar-refractivity contribution is 0.00300. The molecule has 1 amide bonds. The Bertz CT molecular complexity index is 316. The highest BCUT2D eigenvalue weighted by atomic mass is 16.6. The molecule has 0 radical (unpaired) electrons. The van der Waals surface area contributed by atoms with Crippen LogP contribution in [0.5, 0.6) is 0 Å². The molecule has 1 aliphatic heterocycles. The van der Waals surface area contributed by atoms with Crippen molar-refractivity contribution in [3.63, 3.8) is 0 Å². The topological polar surface area (TPSA) is 49.8 Å². The SMILES string of the molecule is CCC(C)(C)OC(=O)N1CCC2(CO)CC2C1. The Labute approximate surface area is 103 Å². The summed E-state index contributed by atoms with van der Waals surface area (Å²) in [6, 6.07) is 0. The van der Waals surface area contributed by atoms with Crippen molar-refractivity contribution in [2.75, 3.05) is 19.7 Å². The van der Waals surface area contributed by atoms with Crippen molar-refractivity contribution in [3.05, 3.63) is 0 Å². The predicted octanol–water partition coefficient (Wildman–Crippen LogP) is 2.02. The van der Waals surface area contributed by atoms with E-state index in [0.29, 0.717) is 5.92 Å². The summed E-state index contributed by atoms with van der Waals surface area (Å²) in [6.45, 7) is 7.62. The lowest BCUT2D eigenvalue weighted by Gasteiger charge is -2.33. The van der Waals surface area contributed by atoms with E-state index < -0.39 is 0 Å². The molecule has 1 saturated carbocycles. The minimum absolute atomic E-state index is 0.136. The highest BCUT2D eigenvalue weighted by Gasteiger charge is 2.56. The predicted molar refractivity (Wildman–Crippen MR) is 64.7 cm³/mol. The van der Waals surface area contributed by atoms with Gasteiger partial charge in [0.15, 0.2) is 0 Å². The van der Waals surface area contributed by atoms with Crippen LogP contribution in [-0.2, 0) is 4.74 Å². The molecular weight excluding hydrogens is 218 g/mol. The van der Waals surface area contributed by atoms with Crippen molar-refractivity contribution in [1.29, 1.82) is 0 Å². The maximum absolute atomic E-state index is 12.0. The summed E-state index contributed by atoms with van der Waals surface area (Å²) in [4.78, 5) is 13.8. The molecule has 4 nitrogen and oxygen atoms in total. The normalized spacial score (nSPS) is 32.0. The van der Waals surface area contributed by atoms with Crippen LogP contribution >= 0.6 is 0 Å². The summed E-state index contributed by atoms with van der Waals surface area (Å²) in [5.74, 6) is 0.485. The quantitative estimate of drug-likeness (QED) is 0.822. The Morgan fingerprint density at radius 1 is 1.59 bits per heavy atom. The van der Waals surface area contributed by atoms with Crippen LogP contribution in [-0.4, -0.2) is 41.4 Å². The van der Waals surface area contributed by atoms with Gasteiger partial charge < -0.3 is 14.7 Å². The molecule has 0 aromatic carbocycles. The number of hydrogen-bond donors (Lipinski definition) is 1. The molecule has 1 N–H and O–H groups in total. The largest absolute Gasteiger partial charge is 0.443 e. The first kappa shape index (κ1) is 12.7. The van der Waals surface area contributed by atoms with E-state index >= 15 is 0 Å². The lowest BCUT2D eigenvalue weighted by Crippen LogP contribution is -2.43. The van der Waals surface area contributed by atoms with Crippen LogP contribution < -0.4 is 0 Å². The van der Waals surface area contributed by atoms with Gasteiger partial charge >= 0.3 is 6.09 Å². The van der Waals surface area contributed by atoms with Crippen molar-refractivity contribution in [3.8, 4) is 0 Å². The number of carbonyl (C=O) groups excluding carboxylic acids is 1. The van der Waals surface area contributed by atoms with Crippen molar-refractivity contribution in [1.82, 2.24) is 4.90 Å². The third-order valence-corrected chi connectivity index (χ3v) is 4.47. The fourth-order valence-electron chi connectivity index (χ4n) is 2.52. The van der Waals surface area contributed by atoms with E-state index in [1.54, 1.807) is 4.90 Å². The molecule has 4 heteroatoms. The molecular formula is C13H23NO3. The van der Waals surface area contributed by atoms with Gasteiger partial charge in [-0.2, -0.15) is 0 Å². The molecule has 0 spiro atoms. The number of likely N-dealkylation sites (tertiary alicyclic amines) is 1. The average molecular weight is 241 g/mol. The van der Waals surface area contributed by atoms with Crippen molar-refractivity contribution in [2.24, 2.45) is 11.3 Å². The second kappa shape index (κ2) is 4.16. The number of carbonyl (C=O) groups is 1. The van der Waals surface area contributed by atoms with Crippen LogP contribution in [0.25, 0.3) is 0 Å². The molecule has 98 valence electrons. The van der Waals surface area contributed by atoms with E-state index in [4.69, 9.17) is 4.74 Å². The van der Waals surface area contributed by atoms with Crippen LogP contribution in [0, 0.1) is 11.3 Å². The highest BCUT2D eigenvalue weighted by molar-refractivity contribution is 5.68. The highest BCUT2D eigenvalue weighted by Crippen LogP contribution is 2.57. The maximum atomic E-state index is 12.0. The summed E-state index contributed by atoms with van der Waals surface area (Å²) in [5, 5.41) is 9.31. The molecule has 2 fully saturated rings. The minimum Gasteiger partial charge on any atom is -0.443 e. The van der Waals surface area contributed by atoms with E-state index in [2.05, 4.69) is 0 Å². The average Bonchev–Trinajstić information content (AvgIpc) is 3.02. The fourth-order valence-corrected chi connectivity index (χ4v) is 2.52. The number of hydrogen-bond acceptors (Lipinski definition) is 3. The Morgan fingerprint density at radius 2 is 2.29 bits per heavy atom. The summed E-state index contributed by atoms with van der Waals surface area (Å²) in [5.41, 5.74) is -0.247. The van der Waals surface area contributed by atoms with Gasteiger partial charge in [-0.1, -0.05) is 6.92 Å². The van der Waals surface area contributed by atoms with Crippen LogP contribution in [0.1, 0.15) is 40.0 Å². The first-order valence-corrected chi connectivity index (χ1v) is 6.51. The zero-order valence-electron chi connectivity index (χ0n) is 11.0. The number of nitrogens with zero attached hydrogens (tertiary/aromatic N) is 1. The van der Waals surface area contributed by atoms with Gasteiger partial charge in [-0.15, -0.1) is 0 Å². The van der Waals surface area contributed by atoms with Crippen LogP contribution in [0.4, 0.5) is 4.79 Å². The van der Waals surface area contributed by atoms with Crippen LogP contribution in [0.15, 0.2) is 0 Å². The molecule has 1 saturated heterocycles. The zero-order valence-corrected chi connectivity index (χ0v) is 11.0. The summed E-state index contributed by atoms with van der Waals surface area (Å²) < 4.78 is 5.48. The zero-order chi connectivity index (χ0) is 12.7. The maximum Gasteiger partial charge on any atom is 0.410 e. The molecule has 0 aromatic heterocycles. The molecule has 2 rings (SSSR count).